The number of rotatable bonds is 6. The van der Waals surface area contributed by atoms with E-state index in [2.05, 4.69) is 10.1 Å². The Bertz CT molecular complexity index is 1110. The van der Waals surface area contributed by atoms with Gasteiger partial charge >= 0.3 is 6.09 Å². The summed E-state index contributed by atoms with van der Waals surface area (Å²) in [6.07, 6.45) is 0.157. The molecule has 2 aromatic carbocycles. The highest BCUT2D eigenvalue weighted by Crippen LogP contribution is 2.28. The quantitative estimate of drug-likeness (QED) is 0.477. The summed E-state index contributed by atoms with van der Waals surface area (Å²) >= 11 is 6.45. The lowest BCUT2D eigenvalue weighted by Crippen LogP contribution is -2.48. The molecule has 0 saturated carbocycles. The Hall–Kier alpha value is -3.10. The molecule has 180 valence electrons. The second-order valence-electron chi connectivity index (χ2n) is 9.06. The van der Waals surface area contributed by atoms with Gasteiger partial charge in [0.05, 0.1) is 24.3 Å². The summed E-state index contributed by atoms with van der Waals surface area (Å²) in [6, 6.07) is 15.1. The highest BCUT2D eigenvalue weighted by molar-refractivity contribution is 6.32. The first-order valence-electron chi connectivity index (χ1n) is 11.2. The number of carbonyl (C=O) groups excluding carboxylic acids is 1. The molecular formula is C25H28ClN3O5. The first-order chi connectivity index (χ1) is 16.3. The van der Waals surface area contributed by atoms with Crippen molar-refractivity contribution in [3.63, 3.8) is 0 Å². The SMILES string of the molecule is CC(C)(C)OC(=O)N1CCO[C@H](Cc2ccc(OCc3noc(-c4ccccc4)n3)c(Cl)c2)C1. The molecule has 0 bridgehead atoms. The smallest absolute Gasteiger partial charge is 0.410 e. The first kappa shape index (κ1) is 24.0. The van der Waals surface area contributed by atoms with E-state index >= 15 is 0 Å². The molecule has 0 N–H and O–H groups in total. The maximum Gasteiger partial charge on any atom is 0.410 e. The molecular weight excluding hydrogens is 458 g/mol. The largest absolute Gasteiger partial charge is 0.484 e. The van der Waals surface area contributed by atoms with Gasteiger partial charge in [0.25, 0.3) is 5.89 Å². The molecule has 1 saturated heterocycles. The minimum Gasteiger partial charge on any atom is -0.484 e. The zero-order chi connectivity index (χ0) is 24.1. The third-order valence-corrected chi connectivity index (χ3v) is 5.39. The molecule has 1 fully saturated rings. The zero-order valence-corrected chi connectivity index (χ0v) is 20.2. The summed E-state index contributed by atoms with van der Waals surface area (Å²) in [4.78, 5) is 18.4. The van der Waals surface area contributed by atoms with Crippen LogP contribution in [0.5, 0.6) is 5.75 Å². The van der Waals surface area contributed by atoms with E-state index < -0.39 is 5.60 Å². The fourth-order valence-electron chi connectivity index (χ4n) is 3.54. The van der Waals surface area contributed by atoms with Crippen LogP contribution in [0.3, 0.4) is 0 Å². The van der Waals surface area contributed by atoms with Gasteiger partial charge < -0.3 is 23.6 Å². The third-order valence-electron chi connectivity index (χ3n) is 5.10. The fraction of sp³-hybridized carbons (Fsp3) is 0.400. The summed E-state index contributed by atoms with van der Waals surface area (Å²) in [7, 11) is 0. The highest BCUT2D eigenvalue weighted by atomic mass is 35.5. The molecule has 3 aromatic rings. The molecule has 1 aliphatic heterocycles. The zero-order valence-electron chi connectivity index (χ0n) is 19.5. The molecule has 34 heavy (non-hydrogen) atoms. The molecule has 1 atom stereocenters. The molecule has 8 nitrogen and oxygen atoms in total. The van der Waals surface area contributed by atoms with E-state index in [1.54, 1.807) is 4.90 Å². The van der Waals surface area contributed by atoms with Crippen LogP contribution in [0.15, 0.2) is 53.1 Å². The lowest BCUT2D eigenvalue weighted by molar-refractivity contribution is -0.0415. The minimum atomic E-state index is -0.529. The van der Waals surface area contributed by atoms with Gasteiger partial charge in [-0.15, -0.1) is 0 Å². The van der Waals surface area contributed by atoms with Crippen LogP contribution in [-0.2, 0) is 22.5 Å². The summed E-state index contributed by atoms with van der Waals surface area (Å²) in [5.74, 6) is 1.39. The minimum absolute atomic E-state index is 0.131. The number of halogens is 1. The van der Waals surface area contributed by atoms with Crippen molar-refractivity contribution in [1.82, 2.24) is 15.0 Å². The summed E-state index contributed by atoms with van der Waals surface area (Å²) in [5, 5.41) is 4.44. The second kappa shape index (κ2) is 10.4. The number of nitrogens with zero attached hydrogens (tertiary/aromatic N) is 3. The monoisotopic (exact) mass is 485 g/mol. The van der Waals surface area contributed by atoms with Crippen molar-refractivity contribution in [1.29, 1.82) is 0 Å². The van der Waals surface area contributed by atoms with Gasteiger partial charge in [0.15, 0.2) is 6.61 Å². The molecule has 0 spiro atoms. The molecule has 2 heterocycles. The van der Waals surface area contributed by atoms with Gasteiger partial charge in [0.1, 0.15) is 11.4 Å². The average Bonchev–Trinajstić information content (AvgIpc) is 3.27. The van der Waals surface area contributed by atoms with Gasteiger partial charge in [-0.2, -0.15) is 4.98 Å². The molecule has 1 aliphatic rings. The van der Waals surface area contributed by atoms with Crippen molar-refractivity contribution in [3.8, 4) is 17.2 Å². The summed E-state index contributed by atoms with van der Waals surface area (Å²) in [6.45, 7) is 7.15. The predicted octanol–water partition coefficient (Wildman–Crippen LogP) is 5.15. The van der Waals surface area contributed by atoms with Gasteiger partial charge in [-0.1, -0.05) is 41.0 Å². The standard InChI is InChI=1S/C25H28ClN3O5/c1-25(2,3)33-24(30)29-11-12-31-19(15-29)13-17-9-10-21(20(26)14-17)32-16-22-27-23(34-28-22)18-7-5-4-6-8-18/h4-10,14,19H,11-13,15-16H2,1-3H3/t19-/m1/s1. The van der Waals surface area contributed by atoms with Crippen LogP contribution < -0.4 is 4.74 Å². The number of hydrogen-bond acceptors (Lipinski definition) is 7. The molecule has 1 aromatic heterocycles. The van der Waals surface area contributed by atoms with Crippen molar-refractivity contribution in [3.05, 3.63) is 64.9 Å². The van der Waals surface area contributed by atoms with Gasteiger partial charge in [0.2, 0.25) is 5.82 Å². The van der Waals surface area contributed by atoms with Crippen LogP contribution in [0.2, 0.25) is 5.02 Å². The lowest BCUT2D eigenvalue weighted by Gasteiger charge is -2.34. The van der Waals surface area contributed by atoms with Crippen molar-refractivity contribution >= 4 is 17.7 Å². The van der Waals surface area contributed by atoms with Crippen LogP contribution in [0, 0.1) is 0 Å². The molecule has 9 heteroatoms. The number of amides is 1. The van der Waals surface area contributed by atoms with E-state index in [0.29, 0.717) is 48.6 Å². The van der Waals surface area contributed by atoms with Gasteiger partial charge in [0, 0.05) is 18.5 Å². The van der Waals surface area contributed by atoms with Gasteiger partial charge in [-0.3, -0.25) is 0 Å². The third kappa shape index (κ3) is 6.48. The van der Waals surface area contributed by atoms with Gasteiger partial charge in [-0.25, -0.2) is 4.79 Å². The van der Waals surface area contributed by atoms with E-state index in [1.165, 1.54) is 0 Å². The Labute approximate surface area is 203 Å². The predicted molar refractivity (Wildman–Crippen MR) is 127 cm³/mol. The Balaban J connectivity index is 1.32. The highest BCUT2D eigenvalue weighted by Gasteiger charge is 2.28. The van der Waals surface area contributed by atoms with E-state index in [4.69, 9.17) is 30.3 Å². The maximum absolute atomic E-state index is 12.4. The van der Waals surface area contributed by atoms with Crippen LogP contribution in [0.4, 0.5) is 4.79 Å². The average molecular weight is 486 g/mol. The molecule has 0 unspecified atom stereocenters. The summed E-state index contributed by atoms with van der Waals surface area (Å²) < 4.78 is 22.4. The Morgan fingerprint density at radius 3 is 2.74 bits per heavy atom. The maximum atomic E-state index is 12.4. The fourth-order valence-corrected chi connectivity index (χ4v) is 3.80. The number of benzene rings is 2. The van der Waals surface area contributed by atoms with E-state index in [-0.39, 0.29) is 18.8 Å². The Morgan fingerprint density at radius 1 is 1.21 bits per heavy atom. The number of morpholine rings is 1. The van der Waals surface area contributed by atoms with E-state index in [1.807, 2.05) is 69.3 Å². The van der Waals surface area contributed by atoms with Gasteiger partial charge in [-0.05, 0) is 50.6 Å². The summed E-state index contributed by atoms with van der Waals surface area (Å²) in [5.41, 5.74) is 1.30. The first-order valence-corrected chi connectivity index (χ1v) is 11.5. The van der Waals surface area contributed by atoms with E-state index in [9.17, 15) is 4.79 Å². The van der Waals surface area contributed by atoms with Crippen molar-refractivity contribution < 1.29 is 23.5 Å². The molecule has 4 rings (SSSR count). The lowest BCUT2D eigenvalue weighted by atomic mass is 10.1. The van der Waals surface area contributed by atoms with Crippen LogP contribution >= 0.6 is 11.6 Å². The van der Waals surface area contributed by atoms with Crippen LogP contribution in [0.1, 0.15) is 32.2 Å². The number of ether oxygens (including phenoxy) is 3. The van der Waals surface area contributed by atoms with Crippen LogP contribution in [0.25, 0.3) is 11.5 Å². The van der Waals surface area contributed by atoms with Crippen molar-refractivity contribution in [2.75, 3.05) is 19.7 Å². The number of carbonyl (C=O) groups is 1. The van der Waals surface area contributed by atoms with Crippen molar-refractivity contribution in [2.45, 2.75) is 45.5 Å². The van der Waals surface area contributed by atoms with E-state index in [0.717, 1.165) is 11.1 Å². The molecule has 1 amide bonds. The number of hydrogen-bond donors (Lipinski definition) is 0. The number of aromatic nitrogens is 2. The molecule has 0 radical (unpaired) electrons. The van der Waals surface area contributed by atoms with Crippen molar-refractivity contribution in [2.24, 2.45) is 0 Å². The molecule has 0 aliphatic carbocycles. The Kier molecular flexibility index (Phi) is 7.38. The normalized spacial score (nSPS) is 16.4. The second-order valence-corrected chi connectivity index (χ2v) is 9.47. The topological polar surface area (TPSA) is 86.9 Å². The Morgan fingerprint density at radius 2 is 2.00 bits per heavy atom. The van der Waals surface area contributed by atoms with Crippen LogP contribution in [-0.4, -0.2) is 52.5 Å².